The first kappa shape index (κ1) is 15.4. The van der Waals surface area contributed by atoms with Crippen LogP contribution in [0.3, 0.4) is 0 Å². The van der Waals surface area contributed by atoms with Gasteiger partial charge in [0.2, 0.25) is 0 Å². The average molecular weight is 310 g/mol. The predicted octanol–water partition coefficient (Wildman–Crippen LogP) is 2.39. The molecule has 2 aromatic rings. The topological polar surface area (TPSA) is 85.9 Å². The summed E-state index contributed by atoms with van der Waals surface area (Å²) in [5.74, 6) is 0. The van der Waals surface area contributed by atoms with Gasteiger partial charge in [-0.25, -0.2) is 4.68 Å². The first-order chi connectivity index (χ1) is 10.1. The third kappa shape index (κ3) is 4.24. The molecule has 1 heterocycles. The molecule has 0 saturated carbocycles. The molecular weight excluding hydrogens is 294 g/mol. The van der Waals surface area contributed by atoms with Crippen LogP contribution >= 0.6 is 11.6 Å². The van der Waals surface area contributed by atoms with Crippen LogP contribution in [0.15, 0.2) is 24.4 Å². The highest BCUT2D eigenvalue weighted by Crippen LogP contribution is 2.23. The van der Waals surface area contributed by atoms with Crippen LogP contribution in [0.2, 0.25) is 5.02 Å². The molecular formula is C13H16ClN5O2. The lowest BCUT2D eigenvalue weighted by Crippen LogP contribution is -2.13. The Morgan fingerprint density at radius 2 is 2.29 bits per heavy atom. The average Bonchev–Trinajstić information content (AvgIpc) is 2.88. The SMILES string of the molecule is CCCNCc1cn(Cc2ccc(Cl)cc2[N+](=O)[O-])nn1. The second-order valence-electron chi connectivity index (χ2n) is 4.61. The van der Waals surface area contributed by atoms with Crippen LogP contribution in [0.5, 0.6) is 0 Å². The van der Waals surface area contributed by atoms with Crippen molar-refractivity contribution >= 4 is 17.3 Å². The van der Waals surface area contributed by atoms with E-state index in [1.807, 2.05) is 0 Å². The molecule has 0 aliphatic heterocycles. The summed E-state index contributed by atoms with van der Waals surface area (Å²) in [6.45, 7) is 3.92. The Labute approximate surface area is 127 Å². The second-order valence-corrected chi connectivity index (χ2v) is 5.05. The summed E-state index contributed by atoms with van der Waals surface area (Å²) >= 11 is 5.79. The van der Waals surface area contributed by atoms with Gasteiger partial charge >= 0.3 is 0 Å². The number of hydrogen-bond donors (Lipinski definition) is 1. The van der Waals surface area contributed by atoms with Crippen LogP contribution in [0.25, 0.3) is 0 Å². The van der Waals surface area contributed by atoms with E-state index in [1.54, 1.807) is 23.0 Å². The quantitative estimate of drug-likeness (QED) is 0.482. The van der Waals surface area contributed by atoms with E-state index in [-0.39, 0.29) is 12.2 Å². The smallest absolute Gasteiger partial charge is 0.275 e. The molecule has 0 aliphatic carbocycles. The molecule has 1 aromatic carbocycles. The normalized spacial score (nSPS) is 10.8. The van der Waals surface area contributed by atoms with Gasteiger partial charge in [-0.15, -0.1) is 5.10 Å². The van der Waals surface area contributed by atoms with Gasteiger partial charge < -0.3 is 5.32 Å². The Hall–Kier alpha value is -1.99. The van der Waals surface area contributed by atoms with Gasteiger partial charge in [0.05, 0.1) is 28.9 Å². The molecule has 0 unspecified atom stereocenters. The highest BCUT2D eigenvalue weighted by molar-refractivity contribution is 6.30. The maximum absolute atomic E-state index is 11.0. The first-order valence-electron chi connectivity index (χ1n) is 6.62. The monoisotopic (exact) mass is 309 g/mol. The molecule has 8 heteroatoms. The van der Waals surface area contributed by atoms with E-state index in [0.717, 1.165) is 18.7 Å². The molecule has 0 radical (unpaired) electrons. The third-order valence-corrected chi connectivity index (χ3v) is 3.13. The predicted molar refractivity (Wildman–Crippen MR) is 79.2 cm³/mol. The number of aromatic nitrogens is 3. The zero-order chi connectivity index (χ0) is 15.2. The summed E-state index contributed by atoms with van der Waals surface area (Å²) in [7, 11) is 0. The molecule has 0 fully saturated rings. The van der Waals surface area contributed by atoms with E-state index >= 15 is 0 Å². The summed E-state index contributed by atoms with van der Waals surface area (Å²) < 4.78 is 1.58. The maximum Gasteiger partial charge on any atom is 0.275 e. The Kier molecular flexibility index (Phi) is 5.24. The van der Waals surface area contributed by atoms with Crippen LogP contribution in [0.4, 0.5) is 5.69 Å². The molecule has 7 nitrogen and oxygen atoms in total. The van der Waals surface area contributed by atoms with Gasteiger partial charge in [-0.05, 0) is 25.1 Å². The number of rotatable bonds is 7. The molecule has 0 atom stereocenters. The van der Waals surface area contributed by atoms with Crippen molar-refractivity contribution in [2.45, 2.75) is 26.4 Å². The number of benzene rings is 1. The molecule has 0 aliphatic rings. The van der Waals surface area contributed by atoms with Gasteiger partial charge in [-0.2, -0.15) is 0 Å². The molecule has 2 rings (SSSR count). The number of halogens is 1. The number of nitrogens with one attached hydrogen (secondary N) is 1. The van der Waals surface area contributed by atoms with Crippen LogP contribution in [0.1, 0.15) is 24.6 Å². The lowest BCUT2D eigenvalue weighted by Gasteiger charge is -2.03. The Morgan fingerprint density at radius 3 is 3.00 bits per heavy atom. The summed E-state index contributed by atoms with van der Waals surface area (Å²) in [6.07, 6.45) is 2.83. The summed E-state index contributed by atoms with van der Waals surface area (Å²) in [4.78, 5) is 10.6. The van der Waals surface area contributed by atoms with Crippen LogP contribution in [-0.2, 0) is 13.1 Å². The zero-order valence-corrected chi connectivity index (χ0v) is 12.4. The van der Waals surface area contributed by atoms with Crippen LogP contribution < -0.4 is 5.32 Å². The molecule has 0 saturated heterocycles. The van der Waals surface area contributed by atoms with Crippen molar-refractivity contribution < 1.29 is 4.92 Å². The fraction of sp³-hybridized carbons (Fsp3) is 0.385. The van der Waals surface area contributed by atoms with Crippen molar-refractivity contribution in [3.63, 3.8) is 0 Å². The molecule has 21 heavy (non-hydrogen) atoms. The van der Waals surface area contributed by atoms with Crippen molar-refractivity contribution in [2.75, 3.05) is 6.54 Å². The number of hydrogen-bond acceptors (Lipinski definition) is 5. The zero-order valence-electron chi connectivity index (χ0n) is 11.6. The van der Waals surface area contributed by atoms with E-state index in [0.29, 0.717) is 17.1 Å². The summed E-state index contributed by atoms with van der Waals surface area (Å²) in [5, 5.41) is 22.6. The summed E-state index contributed by atoms with van der Waals surface area (Å²) in [6, 6.07) is 4.61. The van der Waals surface area contributed by atoms with Gasteiger partial charge in [0.25, 0.3) is 5.69 Å². The lowest BCUT2D eigenvalue weighted by atomic mass is 10.2. The second kappa shape index (κ2) is 7.14. The number of nitrogens with zero attached hydrogens (tertiary/aromatic N) is 4. The van der Waals surface area contributed by atoms with Crippen LogP contribution in [0, 0.1) is 10.1 Å². The van der Waals surface area contributed by atoms with Gasteiger partial charge in [-0.1, -0.05) is 23.7 Å². The van der Waals surface area contributed by atoms with Gasteiger partial charge in [0, 0.05) is 17.6 Å². The van der Waals surface area contributed by atoms with Crippen molar-refractivity contribution in [3.05, 3.63) is 50.8 Å². The fourth-order valence-electron chi connectivity index (χ4n) is 1.91. The molecule has 0 spiro atoms. The fourth-order valence-corrected chi connectivity index (χ4v) is 2.07. The van der Waals surface area contributed by atoms with Gasteiger partial charge in [-0.3, -0.25) is 10.1 Å². The van der Waals surface area contributed by atoms with Crippen molar-refractivity contribution in [1.29, 1.82) is 0 Å². The number of nitro benzene ring substituents is 1. The minimum atomic E-state index is -0.443. The van der Waals surface area contributed by atoms with E-state index in [9.17, 15) is 10.1 Å². The molecule has 1 N–H and O–H groups in total. The largest absolute Gasteiger partial charge is 0.311 e. The van der Waals surface area contributed by atoms with Crippen molar-refractivity contribution in [3.8, 4) is 0 Å². The number of nitro groups is 1. The first-order valence-corrected chi connectivity index (χ1v) is 7.00. The Morgan fingerprint density at radius 1 is 1.48 bits per heavy atom. The van der Waals surface area contributed by atoms with Gasteiger partial charge in [0.15, 0.2) is 0 Å². The lowest BCUT2D eigenvalue weighted by molar-refractivity contribution is -0.385. The minimum Gasteiger partial charge on any atom is -0.311 e. The van der Waals surface area contributed by atoms with Crippen molar-refractivity contribution in [2.24, 2.45) is 0 Å². The molecule has 1 aromatic heterocycles. The van der Waals surface area contributed by atoms with Gasteiger partial charge in [0.1, 0.15) is 0 Å². The Balaban J connectivity index is 2.10. The third-order valence-electron chi connectivity index (χ3n) is 2.90. The molecule has 0 amide bonds. The standard InChI is InChI=1S/C13H16ClN5O2/c1-2-5-15-7-12-9-18(17-16-12)8-10-3-4-11(14)6-13(10)19(20)21/h3-4,6,9,15H,2,5,7-8H2,1H3. The van der Waals surface area contributed by atoms with E-state index in [2.05, 4.69) is 22.6 Å². The minimum absolute atomic E-state index is 0.0105. The van der Waals surface area contributed by atoms with Crippen molar-refractivity contribution in [1.82, 2.24) is 20.3 Å². The van der Waals surface area contributed by atoms with E-state index < -0.39 is 4.92 Å². The maximum atomic E-state index is 11.0. The highest BCUT2D eigenvalue weighted by atomic mass is 35.5. The van der Waals surface area contributed by atoms with E-state index in [1.165, 1.54) is 6.07 Å². The molecule has 112 valence electrons. The summed E-state index contributed by atoms with van der Waals surface area (Å²) in [5.41, 5.74) is 1.34. The Bertz CT molecular complexity index is 629. The highest BCUT2D eigenvalue weighted by Gasteiger charge is 2.15. The molecule has 0 bridgehead atoms. The van der Waals surface area contributed by atoms with Crippen LogP contribution in [-0.4, -0.2) is 26.5 Å². The van der Waals surface area contributed by atoms with E-state index in [4.69, 9.17) is 11.6 Å².